The Kier molecular flexibility index (Phi) is 4.70. The van der Waals surface area contributed by atoms with Crippen LogP contribution in [0.25, 0.3) is 0 Å². The van der Waals surface area contributed by atoms with Crippen LogP contribution < -0.4 is 10.5 Å². The molecule has 0 bridgehead atoms. The number of aromatic nitrogens is 1. The van der Waals surface area contributed by atoms with Crippen molar-refractivity contribution in [2.45, 2.75) is 12.5 Å². The first kappa shape index (κ1) is 14.5. The SMILES string of the molecule is N[C@@H](Cc1ccc(Oc2ccc(Br)cn2)cc1)C(=O)O. The van der Waals surface area contributed by atoms with E-state index in [4.69, 9.17) is 15.6 Å². The Morgan fingerprint density at radius 1 is 1.30 bits per heavy atom. The minimum Gasteiger partial charge on any atom is -0.480 e. The van der Waals surface area contributed by atoms with Gasteiger partial charge in [-0.2, -0.15) is 0 Å². The van der Waals surface area contributed by atoms with Gasteiger partial charge in [0.25, 0.3) is 0 Å². The standard InChI is InChI=1S/C14H13BrN2O3/c15-10-3-6-13(17-8-10)20-11-4-1-9(2-5-11)7-12(16)14(18)19/h1-6,8,12H,7,16H2,(H,18,19)/t12-/m0/s1. The van der Waals surface area contributed by atoms with Crippen molar-refractivity contribution in [3.8, 4) is 11.6 Å². The average Bonchev–Trinajstić information content (AvgIpc) is 2.43. The van der Waals surface area contributed by atoms with Crippen molar-refractivity contribution in [2.24, 2.45) is 5.73 Å². The van der Waals surface area contributed by atoms with Crippen molar-refractivity contribution >= 4 is 21.9 Å². The number of hydrogen-bond acceptors (Lipinski definition) is 4. The quantitative estimate of drug-likeness (QED) is 0.876. The third-order valence-electron chi connectivity index (χ3n) is 2.62. The number of halogens is 1. The maximum absolute atomic E-state index is 10.7. The number of carboxylic acid groups (broad SMARTS) is 1. The number of benzene rings is 1. The van der Waals surface area contributed by atoms with Gasteiger partial charge in [0.1, 0.15) is 11.8 Å². The summed E-state index contributed by atoms with van der Waals surface area (Å²) in [6.45, 7) is 0. The van der Waals surface area contributed by atoms with Crippen LogP contribution >= 0.6 is 15.9 Å². The van der Waals surface area contributed by atoms with E-state index in [1.54, 1.807) is 36.5 Å². The van der Waals surface area contributed by atoms with Gasteiger partial charge >= 0.3 is 5.97 Å². The molecule has 6 heteroatoms. The van der Waals surface area contributed by atoms with E-state index in [1.807, 2.05) is 6.07 Å². The number of nitrogens with two attached hydrogens (primary N) is 1. The lowest BCUT2D eigenvalue weighted by atomic mass is 10.1. The van der Waals surface area contributed by atoms with Gasteiger partial charge in [0.05, 0.1) is 0 Å². The molecule has 2 aromatic rings. The van der Waals surface area contributed by atoms with Crippen molar-refractivity contribution in [1.82, 2.24) is 4.98 Å². The molecule has 0 aliphatic rings. The Morgan fingerprint density at radius 3 is 2.55 bits per heavy atom. The largest absolute Gasteiger partial charge is 0.480 e. The first-order valence-corrected chi connectivity index (χ1v) is 6.70. The molecule has 1 heterocycles. The summed E-state index contributed by atoms with van der Waals surface area (Å²) in [5.74, 6) is 0.111. The molecule has 0 saturated carbocycles. The summed E-state index contributed by atoms with van der Waals surface area (Å²) in [5, 5.41) is 8.75. The lowest BCUT2D eigenvalue weighted by Crippen LogP contribution is -2.32. The Morgan fingerprint density at radius 2 is 2.00 bits per heavy atom. The summed E-state index contributed by atoms with van der Waals surface area (Å²) in [4.78, 5) is 14.8. The lowest BCUT2D eigenvalue weighted by molar-refractivity contribution is -0.138. The fraction of sp³-hybridized carbons (Fsp3) is 0.143. The third-order valence-corrected chi connectivity index (χ3v) is 3.09. The number of nitrogens with zero attached hydrogens (tertiary/aromatic N) is 1. The molecule has 0 spiro atoms. The van der Waals surface area contributed by atoms with Gasteiger partial charge in [-0.15, -0.1) is 0 Å². The van der Waals surface area contributed by atoms with E-state index in [2.05, 4.69) is 20.9 Å². The van der Waals surface area contributed by atoms with Crippen LogP contribution in [0.4, 0.5) is 0 Å². The van der Waals surface area contributed by atoms with Crippen LogP contribution in [0.5, 0.6) is 11.6 Å². The van der Waals surface area contributed by atoms with Crippen molar-refractivity contribution in [3.05, 3.63) is 52.6 Å². The molecule has 1 aromatic heterocycles. The monoisotopic (exact) mass is 336 g/mol. The molecule has 1 aromatic carbocycles. The first-order chi connectivity index (χ1) is 9.54. The molecule has 2 rings (SSSR count). The fourth-order valence-corrected chi connectivity index (χ4v) is 1.81. The molecule has 0 saturated heterocycles. The summed E-state index contributed by atoms with van der Waals surface area (Å²) in [6, 6.07) is 9.78. The number of aliphatic carboxylic acids is 1. The molecule has 0 aliphatic heterocycles. The number of rotatable bonds is 5. The summed E-state index contributed by atoms with van der Waals surface area (Å²) >= 11 is 3.30. The van der Waals surface area contributed by atoms with Crippen molar-refractivity contribution in [1.29, 1.82) is 0 Å². The fourth-order valence-electron chi connectivity index (χ4n) is 1.58. The summed E-state index contributed by atoms with van der Waals surface area (Å²) in [7, 11) is 0. The minimum absolute atomic E-state index is 0.284. The van der Waals surface area contributed by atoms with Gasteiger partial charge in [-0.3, -0.25) is 4.79 Å². The molecule has 3 N–H and O–H groups in total. The van der Waals surface area contributed by atoms with E-state index in [-0.39, 0.29) is 6.42 Å². The molecule has 0 fully saturated rings. The topological polar surface area (TPSA) is 85.4 Å². The zero-order valence-corrected chi connectivity index (χ0v) is 12.1. The molecular formula is C14H13BrN2O3. The smallest absolute Gasteiger partial charge is 0.320 e. The van der Waals surface area contributed by atoms with Crippen LogP contribution in [-0.2, 0) is 11.2 Å². The maximum atomic E-state index is 10.7. The van der Waals surface area contributed by atoms with Crippen LogP contribution in [-0.4, -0.2) is 22.1 Å². The second-order valence-electron chi connectivity index (χ2n) is 4.21. The van der Waals surface area contributed by atoms with Gasteiger partial charge in [-0.05, 0) is 46.1 Å². The predicted molar refractivity (Wildman–Crippen MR) is 77.8 cm³/mol. The van der Waals surface area contributed by atoms with Crippen LogP contribution in [0, 0.1) is 0 Å². The van der Waals surface area contributed by atoms with Gasteiger partial charge in [0.15, 0.2) is 0 Å². The van der Waals surface area contributed by atoms with Crippen molar-refractivity contribution in [2.75, 3.05) is 0 Å². The van der Waals surface area contributed by atoms with E-state index in [0.29, 0.717) is 11.6 Å². The second-order valence-corrected chi connectivity index (χ2v) is 5.13. The zero-order valence-electron chi connectivity index (χ0n) is 10.5. The highest BCUT2D eigenvalue weighted by molar-refractivity contribution is 9.10. The van der Waals surface area contributed by atoms with Crippen molar-refractivity contribution in [3.63, 3.8) is 0 Å². The number of hydrogen-bond donors (Lipinski definition) is 2. The number of ether oxygens (including phenoxy) is 1. The normalized spacial score (nSPS) is 11.9. The van der Waals surface area contributed by atoms with E-state index in [0.717, 1.165) is 10.0 Å². The van der Waals surface area contributed by atoms with E-state index in [1.165, 1.54) is 0 Å². The Labute approximate surface area is 124 Å². The van der Waals surface area contributed by atoms with Gasteiger partial charge in [0, 0.05) is 16.7 Å². The van der Waals surface area contributed by atoms with E-state index in [9.17, 15) is 4.79 Å². The lowest BCUT2D eigenvalue weighted by Gasteiger charge is -2.08. The van der Waals surface area contributed by atoms with Crippen LogP contribution in [0.2, 0.25) is 0 Å². The third kappa shape index (κ3) is 4.04. The molecule has 5 nitrogen and oxygen atoms in total. The van der Waals surface area contributed by atoms with E-state index >= 15 is 0 Å². The highest BCUT2D eigenvalue weighted by Crippen LogP contribution is 2.21. The first-order valence-electron chi connectivity index (χ1n) is 5.91. The summed E-state index contributed by atoms with van der Waals surface area (Å²) in [5.41, 5.74) is 6.32. The van der Waals surface area contributed by atoms with Crippen LogP contribution in [0.1, 0.15) is 5.56 Å². The Bertz CT molecular complexity index is 584. The minimum atomic E-state index is -1.01. The predicted octanol–water partition coefficient (Wildman–Crippen LogP) is 2.59. The number of pyridine rings is 1. The highest BCUT2D eigenvalue weighted by atomic mass is 79.9. The van der Waals surface area contributed by atoms with Gasteiger partial charge in [0.2, 0.25) is 5.88 Å². The molecule has 0 unspecified atom stereocenters. The molecule has 1 atom stereocenters. The summed E-state index contributed by atoms with van der Waals surface area (Å²) < 4.78 is 6.44. The molecule has 0 radical (unpaired) electrons. The zero-order chi connectivity index (χ0) is 14.5. The molecule has 20 heavy (non-hydrogen) atoms. The number of carboxylic acids is 1. The second kappa shape index (κ2) is 6.49. The Hall–Kier alpha value is -1.92. The molecule has 104 valence electrons. The van der Waals surface area contributed by atoms with Crippen LogP contribution in [0.3, 0.4) is 0 Å². The van der Waals surface area contributed by atoms with Crippen LogP contribution in [0.15, 0.2) is 47.1 Å². The summed E-state index contributed by atoms with van der Waals surface area (Å²) in [6.07, 6.45) is 1.93. The van der Waals surface area contributed by atoms with Crippen molar-refractivity contribution < 1.29 is 14.6 Å². The van der Waals surface area contributed by atoms with E-state index < -0.39 is 12.0 Å². The highest BCUT2D eigenvalue weighted by Gasteiger charge is 2.11. The van der Waals surface area contributed by atoms with Gasteiger partial charge < -0.3 is 15.6 Å². The van der Waals surface area contributed by atoms with Gasteiger partial charge in [-0.1, -0.05) is 12.1 Å². The molecule has 0 aliphatic carbocycles. The number of carbonyl (C=O) groups is 1. The Balaban J connectivity index is 2.01. The molecule has 0 amide bonds. The average molecular weight is 337 g/mol. The van der Waals surface area contributed by atoms with Gasteiger partial charge in [-0.25, -0.2) is 4.98 Å². The molecular weight excluding hydrogens is 324 g/mol. The maximum Gasteiger partial charge on any atom is 0.320 e.